The minimum atomic E-state index is -0.156. The van der Waals surface area contributed by atoms with E-state index >= 15 is 0 Å². The number of piperidine rings is 1. The third kappa shape index (κ3) is 3.29. The highest BCUT2D eigenvalue weighted by molar-refractivity contribution is 5.22. The van der Waals surface area contributed by atoms with Gasteiger partial charge in [0.1, 0.15) is 5.82 Å². The molecule has 2 N–H and O–H groups in total. The van der Waals surface area contributed by atoms with E-state index in [-0.39, 0.29) is 11.9 Å². The normalized spacial score (nSPS) is 29.1. The molecule has 116 valence electrons. The van der Waals surface area contributed by atoms with Gasteiger partial charge in [-0.05, 0) is 55.2 Å². The van der Waals surface area contributed by atoms with Gasteiger partial charge in [-0.25, -0.2) is 4.39 Å². The predicted octanol–water partition coefficient (Wildman–Crippen LogP) is 3.52. The smallest absolute Gasteiger partial charge is 0.123 e. The van der Waals surface area contributed by atoms with Crippen molar-refractivity contribution in [2.24, 2.45) is 11.7 Å². The molecule has 3 rings (SSSR count). The van der Waals surface area contributed by atoms with Crippen LogP contribution >= 0.6 is 0 Å². The van der Waals surface area contributed by atoms with Crippen LogP contribution < -0.4 is 5.73 Å². The molecule has 1 aromatic rings. The maximum atomic E-state index is 13.1. The molecule has 3 heteroatoms. The Labute approximate surface area is 127 Å². The Kier molecular flexibility index (Phi) is 4.60. The number of nitrogens with zero attached hydrogens (tertiary/aromatic N) is 1. The summed E-state index contributed by atoms with van der Waals surface area (Å²) >= 11 is 0. The van der Waals surface area contributed by atoms with Crippen molar-refractivity contribution in [2.75, 3.05) is 13.1 Å². The lowest BCUT2D eigenvalue weighted by molar-refractivity contribution is 0.0605. The molecule has 1 saturated heterocycles. The molecule has 21 heavy (non-hydrogen) atoms. The number of hydrogen-bond acceptors (Lipinski definition) is 2. The second-order valence-electron chi connectivity index (χ2n) is 6.86. The van der Waals surface area contributed by atoms with Gasteiger partial charge in [0.05, 0.1) is 0 Å². The van der Waals surface area contributed by atoms with E-state index in [2.05, 4.69) is 11.8 Å². The molecule has 1 aliphatic heterocycles. The molecule has 1 heterocycles. The number of likely N-dealkylation sites (tertiary alicyclic amines) is 1. The van der Waals surface area contributed by atoms with Crippen LogP contribution in [0.5, 0.6) is 0 Å². The third-order valence-corrected chi connectivity index (χ3v) is 5.43. The first-order valence-electron chi connectivity index (χ1n) is 8.42. The van der Waals surface area contributed by atoms with Crippen molar-refractivity contribution in [3.8, 4) is 0 Å². The molecule has 0 amide bonds. The quantitative estimate of drug-likeness (QED) is 0.919. The fraction of sp³-hybridized carbons (Fsp3) is 0.667. The minimum Gasteiger partial charge on any atom is -0.327 e. The first-order valence-corrected chi connectivity index (χ1v) is 8.42. The Bertz CT molecular complexity index is 455. The summed E-state index contributed by atoms with van der Waals surface area (Å²) in [7, 11) is 0. The Morgan fingerprint density at radius 3 is 2.52 bits per heavy atom. The van der Waals surface area contributed by atoms with Crippen LogP contribution in [0, 0.1) is 11.7 Å². The van der Waals surface area contributed by atoms with Crippen LogP contribution in [0.4, 0.5) is 4.39 Å². The molecule has 0 bridgehead atoms. The summed E-state index contributed by atoms with van der Waals surface area (Å²) in [5, 5.41) is 0. The Balaban J connectivity index is 1.72. The average molecular weight is 290 g/mol. The zero-order valence-electron chi connectivity index (χ0n) is 13.0. The Morgan fingerprint density at radius 1 is 1.24 bits per heavy atom. The lowest BCUT2D eigenvalue weighted by Gasteiger charge is -2.46. The van der Waals surface area contributed by atoms with Gasteiger partial charge in [0.25, 0.3) is 0 Å². The van der Waals surface area contributed by atoms with Gasteiger partial charge >= 0.3 is 0 Å². The molecule has 1 aromatic carbocycles. The van der Waals surface area contributed by atoms with Gasteiger partial charge in [-0.1, -0.05) is 25.5 Å². The van der Waals surface area contributed by atoms with Gasteiger partial charge in [0, 0.05) is 25.2 Å². The van der Waals surface area contributed by atoms with Crippen molar-refractivity contribution in [3.05, 3.63) is 35.6 Å². The van der Waals surface area contributed by atoms with E-state index < -0.39 is 0 Å². The van der Waals surface area contributed by atoms with Gasteiger partial charge in [-0.15, -0.1) is 0 Å². The van der Waals surface area contributed by atoms with Crippen molar-refractivity contribution in [3.63, 3.8) is 0 Å². The van der Waals surface area contributed by atoms with E-state index in [1.54, 1.807) is 12.1 Å². The molecular formula is C18H27FN2. The summed E-state index contributed by atoms with van der Waals surface area (Å²) in [6.45, 7) is 4.40. The third-order valence-electron chi connectivity index (χ3n) is 5.43. The molecule has 3 atom stereocenters. The molecule has 1 saturated carbocycles. The Morgan fingerprint density at radius 2 is 1.95 bits per heavy atom. The van der Waals surface area contributed by atoms with Gasteiger partial charge in [-0.2, -0.15) is 0 Å². The van der Waals surface area contributed by atoms with Crippen LogP contribution in [0.3, 0.4) is 0 Å². The van der Waals surface area contributed by atoms with E-state index in [4.69, 9.17) is 5.73 Å². The fourth-order valence-corrected chi connectivity index (χ4v) is 4.13. The highest BCUT2D eigenvalue weighted by Gasteiger charge is 2.35. The number of rotatable bonds is 4. The fourth-order valence-electron chi connectivity index (χ4n) is 4.13. The highest BCUT2D eigenvalue weighted by atomic mass is 19.1. The summed E-state index contributed by atoms with van der Waals surface area (Å²) in [5.41, 5.74) is 7.56. The van der Waals surface area contributed by atoms with E-state index in [0.29, 0.717) is 12.0 Å². The predicted molar refractivity (Wildman–Crippen MR) is 84.7 cm³/mol. The molecule has 1 aliphatic carbocycles. The van der Waals surface area contributed by atoms with Crippen LogP contribution in [0.25, 0.3) is 0 Å². The zero-order valence-corrected chi connectivity index (χ0v) is 13.0. The molecule has 0 aromatic heterocycles. The maximum Gasteiger partial charge on any atom is 0.123 e. The lowest BCUT2D eigenvalue weighted by Crippen LogP contribution is -2.53. The summed E-state index contributed by atoms with van der Waals surface area (Å²) in [6.07, 6.45) is 6.39. The largest absolute Gasteiger partial charge is 0.327 e. The summed E-state index contributed by atoms with van der Waals surface area (Å²) in [6, 6.07) is 7.93. The van der Waals surface area contributed by atoms with Crippen molar-refractivity contribution in [2.45, 2.75) is 57.0 Å². The summed E-state index contributed by atoms with van der Waals surface area (Å²) < 4.78 is 13.1. The molecule has 3 unspecified atom stereocenters. The average Bonchev–Trinajstić information content (AvgIpc) is 2.42. The number of halogens is 1. The van der Waals surface area contributed by atoms with E-state index in [1.165, 1.54) is 31.2 Å². The van der Waals surface area contributed by atoms with Crippen LogP contribution in [0.2, 0.25) is 0 Å². The highest BCUT2D eigenvalue weighted by Crippen LogP contribution is 2.36. The van der Waals surface area contributed by atoms with Crippen LogP contribution in [0.15, 0.2) is 24.3 Å². The molecule has 0 spiro atoms. The monoisotopic (exact) mass is 290 g/mol. The molecule has 2 nitrogen and oxygen atoms in total. The summed E-state index contributed by atoms with van der Waals surface area (Å²) in [4.78, 5) is 2.62. The van der Waals surface area contributed by atoms with E-state index in [1.807, 2.05) is 12.1 Å². The second kappa shape index (κ2) is 6.45. The lowest BCUT2D eigenvalue weighted by atomic mass is 9.76. The van der Waals surface area contributed by atoms with Crippen LogP contribution in [-0.4, -0.2) is 30.1 Å². The van der Waals surface area contributed by atoms with Gasteiger partial charge in [0.2, 0.25) is 0 Å². The van der Waals surface area contributed by atoms with Gasteiger partial charge in [0.15, 0.2) is 0 Å². The number of hydrogen-bond donors (Lipinski definition) is 1. The molecule has 0 radical (unpaired) electrons. The number of benzene rings is 1. The summed E-state index contributed by atoms with van der Waals surface area (Å²) in [5.74, 6) is 1.16. The topological polar surface area (TPSA) is 29.3 Å². The molecule has 2 fully saturated rings. The standard InChI is InChI=1S/C18H27FN2/c1-2-18(14-4-3-5-14)21-11-15(10-17(20)12-21)13-6-8-16(19)9-7-13/h6-9,14-15,17-18H,2-5,10-12,20H2,1H3. The zero-order chi connectivity index (χ0) is 14.8. The van der Waals surface area contributed by atoms with Crippen LogP contribution in [0.1, 0.15) is 50.5 Å². The van der Waals surface area contributed by atoms with Gasteiger partial charge in [-0.3, -0.25) is 4.90 Å². The molecular weight excluding hydrogens is 263 g/mol. The van der Waals surface area contributed by atoms with Gasteiger partial charge < -0.3 is 5.73 Å². The Hall–Kier alpha value is -0.930. The minimum absolute atomic E-state index is 0.156. The maximum absolute atomic E-state index is 13.1. The first kappa shape index (κ1) is 15.0. The number of nitrogens with two attached hydrogens (primary N) is 1. The van der Waals surface area contributed by atoms with Crippen molar-refractivity contribution >= 4 is 0 Å². The van der Waals surface area contributed by atoms with E-state index in [9.17, 15) is 4.39 Å². The first-order chi connectivity index (χ1) is 10.2. The van der Waals surface area contributed by atoms with Crippen LogP contribution in [-0.2, 0) is 0 Å². The molecule has 2 aliphatic rings. The van der Waals surface area contributed by atoms with Crippen molar-refractivity contribution in [1.82, 2.24) is 4.90 Å². The second-order valence-corrected chi connectivity index (χ2v) is 6.86. The van der Waals surface area contributed by atoms with Crippen molar-refractivity contribution < 1.29 is 4.39 Å². The van der Waals surface area contributed by atoms with E-state index in [0.717, 1.165) is 25.4 Å². The van der Waals surface area contributed by atoms with Crippen molar-refractivity contribution in [1.29, 1.82) is 0 Å². The SMILES string of the molecule is CCC(C1CCC1)N1CC(N)CC(c2ccc(F)cc2)C1.